The van der Waals surface area contributed by atoms with E-state index in [1.54, 1.807) is 19.1 Å². The second-order valence-corrected chi connectivity index (χ2v) is 6.16. The van der Waals surface area contributed by atoms with Crippen molar-refractivity contribution in [3.05, 3.63) is 58.1 Å². The fourth-order valence-electron chi connectivity index (χ4n) is 1.70. The van der Waals surface area contributed by atoms with E-state index in [-0.39, 0.29) is 0 Å². The molecule has 0 bridgehead atoms. The minimum absolute atomic E-state index is 0.291. The molecule has 3 nitrogen and oxygen atoms in total. The van der Waals surface area contributed by atoms with Crippen LogP contribution in [0.25, 0.3) is 0 Å². The molecule has 0 aliphatic carbocycles. The Morgan fingerprint density at radius 2 is 1.90 bits per heavy atom. The van der Waals surface area contributed by atoms with Crippen LogP contribution < -0.4 is 0 Å². The molecular weight excluding hydrogens is 350 g/mol. The molecule has 0 aliphatic rings. The number of nitriles is 1. The zero-order valence-corrected chi connectivity index (χ0v) is 13.7. The third-order valence-electron chi connectivity index (χ3n) is 2.66. The molecule has 0 fully saturated rings. The zero-order chi connectivity index (χ0) is 15.2. The standard InChI is InChI=1S/C16H12BrNO2S/c1-2-20-16(19)15-8-7-14(9-11(15)10-18)21-13-5-3-12(17)4-6-13/h3-9H,2H2,1H3. The Balaban J connectivity index is 2.25. The molecule has 106 valence electrons. The normalized spacial score (nSPS) is 9.95. The molecule has 0 unspecified atom stereocenters. The summed E-state index contributed by atoms with van der Waals surface area (Å²) in [6.45, 7) is 2.03. The lowest BCUT2D eigenvalue weighted by molar-refractivity contribution is 0.0526. The van der Waals surface area contributed by atoms with E-state index >= 15 is 0 Å². The first-order valence-electron chi connectivity index (χ1n) is 6.28. The third kappa shape index (κ3) is 4.10. The van der Waals surface area contributed by atoms with Crippen LogP contribution in [-0.4, -0.2) is 12.6 Å². The van der Waals surface area contributed by atoms with E-state index in [9.17, 15) is 10.1 Å². The SMILES string of the molecule is CCOC(=O)c1ccc(Sc2ccc(Br)cc2)cc1C#N. The number of hydrogen-bond donors (Lipinski definition) is 0. The minimum atomic E-state index is -0.464. The van der Waals surface area contributed by atoms with Gasteiger partial charge in [-0.3, -0.25) is 0 Å². The smallest absolute Gasteiger partial charge is 0.339 e. The number of benzene rings is 2. The van der Waals surface area contributed by atoms with E-state index in [2.05, 4.69) is 15.9 Å². The van der Waals surface area contributed by atoms with Gasteiger partial charge in [-0.25, -0.2) is 4.79 Å². The molecule has 5 heteroatoms. The van der Waals surface area contributed by atoms with Crippen molar-refractivity contribution >= 4 is 33.7 Å². The van der Waals surface area contributed by atoms with Crippen LogP contribution in [0.4, 0.5) is 0 Å². The average Bonchev–Trinajstić information content (AvgIpc) is 2.49. The quantitative estimate of drug-likeness (QED) is 0.743. The number of halogens is 1. The van der Waals surface area contributed by atoms with Gasteiger partial charge in [-0.15, -0.1) is 0 Å². The first-order valence-corrected chi connectivity index (χ1v) is 7.89. The van der Waals surface area contributed by atoms with Gasteiger partial charge in [0.15, 0.2) is 0 Å². The fourth-order valence-corrected chi connectivity index (χ4v) is 2.83. The van der Waals surface area contributed by atoms with Crippen LogP contribution in [0.2, 0.25) is 0 Å². The van der Waals surface area contributed by atoms with E-state index in [1.165, 1.54) is 11.8 Å². The van der Waals surface area contributed by atoms with Crippen LogP contribution >= 0.6 is 27.7 Å². The van der Waals surface area contributed by atoms with Crippen LogP contribution in [0.3, 0.4) is 0 Å². The number of carbonyl (C=O) groups is 1. The van der Waals surface area contributed by atoms with Gasteiger partial charge in [0.25, 0.3) is 0 Å². The summed E-state index contributed by atoms with van der Waals surface area (Å²) in [5, 5.41) is 9.19. The molecule has 2 aromatic carbocycles. The highest BCUT2D eigenvalue weighted by Crippen LogP contribution is 2.30. The molecule has 2 aromatic rings. The van der Waals surface area contributed by atoms with Crippen molar-refractivity contribution in [1.29, 1.82) is 5.26 Å². The van der Waals surface area contributed by atoms with E-state index in [1.807, 2.05) is 36.4 Å². The minimum Gasteiger partial charge on any atom is -0.462 e. The lowest BCUT2D eigenvalue weighted by atomic mass is 10.1. The molecule has 0 saturated heterocycles. The summed E-state index contributed by atoms with van der Waals surface area (Å²) in [4.78, 5) is 13.7. The summed E-state index contributed by atoms with van der Waals surface area (Å²) in [6, 6.07) is 15.1. The first-order chi connectivity index (χ1) is 10.1. The van der Waals surface area contributed by atoms with Crippen molar-refractivity contribution in [1.82, 2.24) is 0 Å². The maximum absolute atomic E-state index is 11.7. The van der Waals surface area contributed by atoms with Crippen LogP contribution in [0.1, 0.15) is 22.8 Å². The zero-order valence-electron chi connectivity index (χ0n) is 11.3. The third-order valence-corrected chi connectivity index (χ3v) is 4.18. The summed E-state index contributed by atoms with van der Waals surface area (Å²) in [7, 11) is 0. The maximum atomic E-state index is 11.7. The molecule has 2 rings (SSSR count). The van der Waals surface area contributed by atoms with Gasteiger partial charge >= 0.3 is 5.97 Å². The van der Waals surface area contributed by atoms with Gasteiger partial charge in [0.2, 0.25) is 0 Å². The molecule has 21 heavy (non-hydrogen) atoms. The molecule has 0 radical (unpaired) electrons. The van der Waals surface area contributed by atoms with E-state index < -0.39 is 5.97 Å². The maximum Gasteiger partial charge on any atom is 0.339 e. The molecule has 0 atom stereocenters. The highest BCUT2D eigenvalue weighted by molar-refractivity contribution is 9.10. The topological polar surface area (TPSA) is 50.1 Å². The highest BCUT2D eigenvalue weighted by Gasteiger charge is 2.13. The molecule has 0 aromatic heterocycles. The van der Waals surface area contributed by atoms with Crippen molar-refractivity contribution in [3.63, 3.8) is 0 Å². The van der Waals surface area contributed by atoms with Crippen molar-refractivity contribution in [2.45, 2.75) is 16.7 Å². The van der Waals surface area contributed by atoms with Gasteiger partial charge < -0.3 is 4.74 Å². The summed E-state index contributed by atoms with van der Waals surface area (Å²) in [6.07, 6.45) is 0. The van der Waals surface area contributed by atoms with E-state index in [0.717, 1.165) is 14.3 Å². The van der Waals surface area contributed by atoms with Crippen LogP contribution in [0.5, 0.6) is 0 Å². The van der Waals surface area contributed by atoms with Crippen molar-refractivity contribution < 1.29 is 9.53 Å². The van der Waals surface area contributed by atoms with Crippen LogP contribution in [-0.2, 0) is 4.74 Å². The number of rotatable bonds is 4. The lowest BCUT2D eigenvalue weighted by Gasteiger charge is -2.06. The molecular formula is C16H12BrNO2S. The average molecular weight is 362 g/mol. The number of hydrogen-bond acceptors (Lipinski definition) is 4. The van der Waals surface area contributed by atoms with Crippen LogP contribution in [0, 0.1) is 11.3 Å². The van der Waals surface area contributed by atoms with Gasteiger partial charge in [-0.2, -0.15) is 5.26 Å². The monoisotopic (exact) mass is 361 g/mol. The fraction of sp³-hybridized carbons (Fsp3) is 0.125. The summed E-state index contributed by atoms with van der Waals surface area (Å²) in [5.74, 6) is -0.464. The Kier molecular flexibility index (Phi) is 5.43. The molecule has 0 N–H and O–H groups in total. The van der Waals surface area contributed by atoms with Gasteiger partial charge in [0.1, 0.15) is 6.07 Å². The Labute approximate surface area is 136 Å². The summed E-state index contributed by atoms with van der Waals surface area (Å²) < 4.78 is 5.96. The van der Waals surface area contributed by atoms with Gasteiger partial charge in [-0.05, 0) is 49.4 Å². The Morgan fingerprint density at radius 3 is 2.52 bits per heavy atom. The Hall–Kier alpha value is -1.77. The molecule has 0 saturated carbocycles. The summed E-state index contributed by atoms with van der Waals surface area (Å²) >= 11 is 4.93. The van der Waals surface area contributed by atoms with Crippen molar-refractivity contribution in [2.24, 2.45) is 0 Å². The first kappa shape index (κ1) is 15.6. The van der Waals surface area contributed by atoms with Gasteiger partial charge in [0.05, 0.1) is 17.7 Å². The highest BCUT2D eigenvalue weighted by atomic mass is 79.9. The molecule has 0 heterocycles. The van der Waals surface area contributed by atoms with E-state index in [0.29, 0.717) is 17.7 Å². The van der Waals surface area contributed by atoms with Crippen molar-refractivity contribution in [3.8, 4) is 6.07 Å². The Morgan fingerprint density at radius 1 is 1.24 bits per heavy atom. The van der Waals surface area contributed by atoms with E-state index in [4.69, 9.17) is 4.74 Å². The second kappa shape index (κ2) is 7.30. The van der Waals surface area contributed by atoms with Gasteiger partial charge in [0, 0.05) is 14.3 Å². The largest absolute Gasteiger partial charge is 0.462 e. The van der Waals surface area contributed by atoms with Gasteiger partial charge in [-0.1, -0.05) is 27.7 Å². The molecule has 0 amide bonds. The number of ether oxygens (including phenoxy) is 1. The number of carbonyl (C=O) groups excluding carboxylic acids is 1. The van der Waals surface area contributed by atoms with Crippen molar-refractivity contribution in [2.75, 3.05) is 6.61 Å². The number of esters is 1. The predicted octanol–water partition coefficient (Wildman–Crippen LogP) is 4.65. The summed E-state index contributed by atoms with van der Waals surface area (Å²) in [5.41, 5.74) is 0.634. The number of nitrogens with zero attached hydrogens (tertiary/aromatic N) is 1. The Bertz CT molecular complexity index is 692. The molecule has 0 spiro atoms. The molecule has 0 aliphatic heterocycles. The predicted molar refractivity (Wildman–Crippen MR) is 85.4 cm³/mol. The second-order valence-electron chi connectivity index (χ2n) is 4.10. The lowest BCUT2D eigenvalue weighted by Crippen LogP contribution is -2.06. The van der Waals surface area contributed by atoms with Crippen LogP contribution in [0.15, 0.2) is 56.7 Å².